The predicted octanol–water partition coefficient (Wildman–Crippen LogP) is 4.21. The molecule has 1 nitrogen and oxygen atoms in total. The van der Waals surface area contributed by atoms with Crippen LogP contribution in [0.3, 0.4) is 0 Å². The van der Waals surface area contributed by atoms with E-state index in [4.69, 9.17) is 11.6 Å². The summed E-state index contributed by atoms with van der Waals surface area (Å²) in [5.74, 6) is 0. The van der Waals surface area contributed by atoms with Crippen molar-refractivity contribution in [3.05, 3.63) is 59.1 Å². The Bertz CT molecular complexity index is 482. The van der Waals surface area contributed by atoms with E-state index in [-0.39, 0.29) is 0 Å². The van der Waals surface area contributed by atoms with Gasteiger partial charge in [-0.15, -0.1) is 0 Å². The second kappa shape index (κ2) is 6.10. The first-order valence-electron chi connectivity index (χ1n) is 5.45. The summed E-state index contributed by atoms with van der Waals surface area (Å²) in [6.45, 7) is 0.905. The van der Waals surface area contributed by atoms with Crippen LogP contribution in [0.5, 0.6) is 0 Å². The van der Waals surface area contributed by atoms with Crippen LogP contribution in [0.2, 0.25) is 5.02 Å². The summed E-state index contributed by atoms with van der Waals surface area (Å²) in [5.41, 5.74) is 1.29. The molecule has 0 saturated carbocycles. The fourth-order valence-corrected chi connectivity index (χ4v) is 2.68. The molecule has 0 aliphatic heterocycles. The molecule has 0 aliphatic rings. The van der Waals surface area contributed by atoms with Crippen LogP contribution in [0, 0.1) is 0 Å². The Morgan fingerprint density at radius 1 is 1.06 bits per heavy atom. The average Bonchev–Trinajstić information content (AvgIpc) is 2.32. The number of halogens is 1. The Kier molecular flexibility index (Phi) is 4.49. The third kappa shape index (κ3) is 3.77. The van der Waals surface area contributed by atoms with E-state index < -0.39 is 0 Å². The molecule has 0 amide bonds. The summed E-state index contributed by atoms with van der Waals surface area (Å²) in [7, 11) is 1.95. The second-order valence-electron chi connectivity index (χ2n) is 3.73. The largest absolute Gasteiger partial charge is 0.316 e. The van der Waals surface area contributed by atoms with Gasteiger partial charge in [0, 0.05) is 21.4 Å². The van der Waals surface area contributed by atoms with Crippen molar-refractivity contribution in [1.82, 2.24) is 5.32 Å². The van der Waals surface area contributed by atoms with E-state index in [1.807, 2.05) is 25.2 Å². The molecule has 2 aromatic carbocycles. The molecule has 0 atom stereocenters. The van der Waals surface area contributed by atoms with Gasteiger partial charge >= 0.3 is 0 Å². The molecule has 0 heterocycles. The Morgan fingerprint density at radius 3 is 2.47 bits per heavy atom. The van der Waals surface area contributed by atoms with Gasteiger partial charge in [-0.05, 0) is 42.9 Å². The monoisotopic (exact) mass is 263 g/mol. The van der Waals surface area contributed by atoms with Gasteiger partial charge in [0.25, 0.3) is 0 Å². The fraction of sp³-hybridized carbons (Fsp3) is 0.143. The van der Waals surface area contributed by atoms with Crippen LogP contribution in [0.1, 0.15) is 5.56 Å². The van der Waals surface area contributed by atoms with E-state index in [1.54, 1.807) is 11.8 Å². The Balaban J connectivity index is 2.08. The van der Waals surface area contributed by atoms with Crippen molar-refractivity contribution < 1.29 is 0 Å². The maximum atomic E-state index is 5.96. The van der Waals surface area contributed by atoms with Gasteiger partial charge in [0.15, 0.2) is 0 Å². The highest BCUT2D eigenvalue weighted by atomic mass is 35.5. The minimum atomic E-state index is 0.779. The maximum Gasteiger partial charge on any atom is 0.0417 e. The normalized spacial score (nSPS) is 10.5. The lowest BCUT2D eigenvalue weighted by Gasteiger charge is -2.04. The molecular weight excluding hydrogens is 250 g/mol. The van der Waals surface area contributed by atoms with Crippen LogP contribution in [0.4, 0.5) is 0 Å². The summed E-state index contributed by atoms with van der Waals surface area (Å²) in [5, 5.41) is 3.92. The van der Waals surface area contributed by atoms with Crippen molar-refractivity contribution in [1.29, 1.82) is 0 Å². The molecule has 0 spiro atoms. The predicted molar refractivity (Wildman–Crippen MR) is 74.8 cm³/mol. The van der Waals surface area contributed by atoms with Crippen molar-refractivity contribution >= 4 is 23.4 Å². The minimum absolute atomic E-state index is 0.779. The van der Waals surface area contributed by atoms with E-state index in [9.17, 15) is 0 Å². The van der Waals surface area contributed by atoms with E-state index in [2.05, 4.69) is 35.6 Å². The first kappa shape index (κ1) is 12.5. The Labute approximate surface area is 111 Å². The van der Waals surface area contributed by atoms with Crippen molar-refractivity contribution in [3.63, 3.8) is 0 Å². The molecule has 0 saturated heterocycles. The van der Waals surface area contributed by atoms with Crippen LogP contribution in [0.15, 0.2) is 58.3 Å². The minimum Gasteiger partial charge on any atom is -0.316 e. The van der Waals surface area contributed by atoms with Gasteiger partial charge in [-0.3, -0.25) is 0 Å². The molecule has 0 fully saturated rings. The van der Waals surface area contributed by atoms with Crippen LogP contribution in [-0.2, 0) is 6.54 Å². The molecule has 0 aliphatic carbocycles. The van der Waals surface area contributed by atoms with Crippen LogP contribution in [0.25, 0.3) is 0 Å². The topological polar surface area (TPSA) is 12.0 Å². The molecule has 2 aromatic rings. The van der Waals surface area contributed by atoms with E-state index in [1.165, 1.54) is 15.4 Å². The molecule has 0 aromatic heterocycles. The molecule has 0 bridgehead atoms. The highest BCUT2D eigenvalue weighted by Crippen LogP contribution is 2.29. The van der Waals surface area contributed by atoms with Gasteiger partial charge in [-0.1, -0.05) is 41.6 Å². The third-order valence-electron chi connectivity index (χ3n) is 2.34. The molecule has 1 N–H and O–H groups in total. The molecule has 17 heavy (non-hydrogen) atoms. The Morgan fingerprint density at radius 2 is 1.82 bits per heavy atom. The molecule has 0 radical (unpaired) electrons. The van der Waals surface area contributed by atoms with Crippen molar-refractivity contribution in [3.8, 4) is 0 Å². The van der Waals surface area contributed by atoms with E-state index in [0.717, 1.165) is 11.6 Å². The van der Waals surface area contributed by atoms with E-state index in [0.29, 0.717) is 0 Å². The summed E-state index contributed by atoms with van der Waals surface area (Å²) in [6.07, 6.45) is 0. The highest BCUT2D eigenvalue weighted by molar-refractivity contribution is 7.99. The zero-order valence-electron chi connectivity index (χ0n) is 9.61. The molecule has 0 unspecified atom stereocenters. The number of nitrogens with one attached hydrogen (secondary N) is 1. The number of benzene rings is 2. The standard InChI is InChI=1S/C14H14ClNS/c1-16-10-11-5-7-13(8-6-11)17-14-4-2-3-12(15)9-14/h2-9,16H,10H2,1H3. The Hall–Kier alpha value is -0.960. The average molecular weight is 264 g/mol. The van der Waals surface area contributed by atoms with Crippen molar-refractivity contribution in [2.75, 3.05) is 7.05 Å². The number of rotatable bonds is 4. The first-order valence-corrected chi connectivity index (χ1v) is 6.64. The fourth-order valence-electron chi connectivity index (χ4n) is 1.55. The molecule has 2 rings (SSSR count). The lowest BCUT2D eigenvalue weighted by atomic mass is 10.2. The summed E-state index contributed by atoms with van der Waals surface area (Å²) >= 11 is 7.68. The van der Waals surface area contributed by atoms with Gasteiger partial charge in [0.1, 0.15) is 0 Å². The van der Waals surface area contributed by atoms with Gasteiger partial charge in [0.05, 0.1) is 0 Å². The summed E-state index contributed by atoms with van der Waals surface area (Å²) in [6, 6.07) is 16.5. The zero-order chi connectivity index (χ0) is 12.1. The third-order valence-corrected chi connectivity index (χ3v) is 3.57. The van der Waals surface area contributed by atoms with Crippen LogP contribution >= 0.6 is 23.4 Å². The van der Waals surface area contributed by atoms with E-state index >= 15 is 0 Å². The van der Waals surface area contributed by atoms with Crippen LogP contribution in [-0.4, -0.2) is 7.05 Å². The molecule has 3 heteroatoms. The summed E-state index contributed by atoms with van der Waals surface area (Å²) < 4.78 is 0. The molecular formula is C14H14ClNS. The van der Waals surface area contributed by atoms with Gasteiger partial charge in [0.2, 0.25) is 0 Å². The SMILES string of the molecule is CNCc1ccc(Sc2cccc(Cl)c2)cc1. The smallest absolute Gasteiger partial charge is 0.0417 e. The summed E-state index contributed by atoms with van der Waals surface area (Å²) in [4.78, 5) is 2.39. The number of hydrogen-bond donors (Lipinski definition) is 1. The van der Waals surface area contributed by atoms with Gasteiger partial charge in [-0.25, -0.2) is 0 Å². The van der Waals surface area contributed by atoms with Gasteiger partial charge < -0.3 is 5.32 Å². The second-order valence-corrected chi connectivity index (χ2v) is 5.32. The van der Waals surface area contributed by atoms with Crippen molar-refractivity contribution in [2.45, 2.75) is 16.3 Å². The highest BCUT2D eigenvalue weighted by Gasteiger charge is 1.98. The number of hydrogen-bond acceptors (Lipinski definition) is 2. The first-order chi connectivity index (χ1) is 8.28. The van der Waals surface area contributed by atoms with Crippen LogP contribution < -0.4 is 5.32 Å². The lowest BCUT2D eigenvalue weighted by molar-refractivity contribution is 0.817. The maximum absolute atomic E-state index is 5.96. The quantitative estimate of drug-likeness (QED) is 0.887. The van der Waals surface area contributed by atoms with Gasteiger partial charge in [-0.2, -0.15) is 0 Å². The molecule has 88 valence electrons. The lowest BCUT2D eigenvalue weighted by Crippen LogP contribution is -2.04. The zero-order valence-corrected chi connectivity index (χ0v) is 11.2. The van der Waals surface area contributed by atoms with Crippen molar-refractivity contribution in [2.24, 2.45) is 0 Å².